The van der Waals surface area contributed by atoms with Crippen LogP contribution in [0.25, 0.3) is 0 Å². The Morgan fingerprint density at radius 2 is 1.84 bits per heavy atom. The minimum Gasteiger partial charge on any atom is -0.368 e. The van der Waals surface area contributed by atoms with Gasteiger partial charge in [0.15, 0.2) is 0 Å². The minimum atomic E-state index is -0.824. The first-order valence-corrected chi connectivity index (χ1v) is 7.09. The topological polar surface area (TPSA) is 72.2 Å². The average molecular weight is 339 g/mol. The molecule has 4 nitrogen and oxygen atoms in total. The summed E-state index contributed by atoms with van der Waals surface area (Å²) in [5, 5.41) is 2.64. The normalized spacial score (nSPS) is 11.8. The smallest absolute Gasteiger partial charge is 0.262 e. The van der Waals surface area contributed by atoms with Gasteiger partial charge in [0.05, 0.1) is 8.66 Å². The summed E-state index contributed by atoms with van der Waals surface area (Å²) >= 11 is 4.58. The van der Waals surface area contributed by atoms with E-state index in [1.165, 1.54) is 11.3 Å². The number of halogens is 1. The Morgan fingerprint density at radius 1 is 1.16 bits per heavy atom. The Bertz CT molecular complexity index is 598. The van der Waals surface area contributed by atoms with Gasteiger partial charge in [-0.1, -0.05) is 30.3 Å². The van der Waals surface area contributed by atoms with Gasteiger partial charge in [-0.3, -0.25) is 9.59 Å². The molecule has 0 aliphatic rings. The SMILES string of the molecule is NC(=O)[C@H](NC(=O)c1ccc(Br)s1)c1ccccc1. The number of thiophene rings is 1. The molecule has 0 unspecified atom stereocenters. The van der Waals surface area contributed by atoms with E-state index in [-0.39, 0.29) is 5.91 Å². The molecule has 2 amide bonds. The molecule has 0 spiro atoms. The van der Waals surface area contributed by atoms with Crippen molar-refractivity contribution in [1.29, 1.82) is 0 Å². The van der Waals surface area contributed by atoms with Crippen molar-refractivity contribution in [3.63, 3.8) is 0 Å². The molecule has 1 atom stereocenters. The maximum absolute atomic E-state index is 12.0. The molecule has 0 radical (unpaired) electrons. The lowest BCUT2D eigenvalue weighted by molar-refractivity contribution is -0.120. The highest BCUT2D eigenvalue weighted by atomic mass is 79.9. The van der Waals surface area contributed by atoms with E-state index < -0.39 is 11.9 Å². The molecular weight excluding hydrogens is 328 g/mol. The van der Waals surface area contributed by atoms with Crippen LogP contribution in [-0.4, -0.2) is 11.8 Å². The summed E-state index contributed by atoms with van der Waals surface area (Å²) in [5.74, 6) is -0.904. The molecule has 2 rings (SSSR count). The van der Waals surface area contributed by atoms with E-state index in [0.717, 1.165) is 3.79 Å². The molecule has 2 aromatic rings. The summed E-state index contributed by atoms with van der Waals surface area (Å²) < 4.78 is 0.855. The van der Waals surface area contributed by atoms with Crippen molar-refractivity contribution in [3.05, 3.63) is 56.7 Å². The van der Waals surface area contributed by atoms with Crippen molar-refractivity contribution in [3.8, 4) is 0 Å². The fraction of sp³-hybridized carbons (Fsp3) is 0.0769. The molecule has 0 saturated heterocycles. The highest BCUT2D eigenvalue weighted by Gasteiger charge is 2.21. The van der Waals surface area contributed by atoms with Crippen molar-refractivity contribution in [1.82, 2.24) is 5.32 Å². The van der Waals surface area contributed by atoms with Gasteiger partial charge in [-0.15, -0.1) is 11.3 Å². The molecule has 3 N–H and O–H groups in total. The number of nitrogens with one attached hydrogen (secondary N) is 1. The van der Waals surface area contributed by atoms with Gasteiger partial charge in [0.25, 0.3) is 5.91 Å². The van der Waals surface area contributed by atoms with Crippen LogP contribution >= 0.6 is 27.3 Å². The molecule has 0 saturated carbocycles. The Kier molecular flexibility index (Phi) is 4.34. The van der Waals surface area contributed by atoms with Crippen molar-refractivity contribution in [2.45, 2.75) is 6.04 Å². The molecule has 98 valence electrons. The second kappa shape index (κ2) is 5.99. The van der Waals surface area contributed by atoms with E-state index in [2.05, 4.69) is 21.2 Å². The van der Waals surface area contributed by atoms with Crippen LogP contribution in [0.3, 0.4) is 0 Å². The molecule has 1 aromatic carbocycles. The maximum Gasteiger partial charge on any atom is 0.262 e. The summed E-state index contributed by atoms with van der Waals surface area (Å²) in [7, 11) is 0. The third kappa shape index (κ3) is 3.42. The Labute approximate surface area is 122 Å². The van der Waals surface area contributed by atoms with Crippen LogP contribution in [0.1, 0.15) is 21.3 Å². The largest absolute Gasteiger partial charge is 0.368 e. The molecule has 1 heterocycles. The van der Waals surface area contributed by atoms with Gasteiger partial charge in [-0.05, 0) is 33.6 Å². The van der Waals surface area contributed by atoms with E-state index in [1.807, 2.05) is 6.07 Å². The summed E-state index contributed by atoms with van der Waals surface area (Å²) in [6, 6.07) is 11.6. The Hall–Kier alpha value is -1.66. The average Bonchev–Trinajstić information content (AvgIpc) is 2.83. The molecule has 1 aromatic heterocycles. The first-order valence-electron chi connectivity index (χ1n) is 5.48. The first-order chi connectivity index (χ1) is 9.08. The number of hydrogen-bond donors (Lipinski definition) is 2. The van der Waals surface area contributed by atoms with Gasteiger partial charge in [0.1, 0.15) is 6.04 Å². The van der Waals surface area contributed by atoms with E-state index in [4.69, 9.17) is 5.73 Å². The monoisotopic (exact) mass is 338 g/mol. The van der Waals surface area contributed by atoms with Crippen LogP contribution in [0.4, 0.5) is 0 Å². The van der Waals surface area contributed by atoms with Gasteiger partial charge >= 0.3 is 0 Å². The van der Waals surface area contributed by atoms with E-state index >= 15 is 0 Å². The fourth-order valence-corrected chi connectivity index (χ4v) is 2.89. The Balaban J connectivity index is 2.18. The zero-order chi connectivity index (χ0) is 13.8. The highest BCUT2D eigenvalue weighted by Crippen LogP contribution is 2.23. The van der Waals surface area contributed by atoms with Gasteiger partial charge in [0.2, 0.25) is 5.91 Å². The van der Waals surface area contributed by atoms with Crippen LogP contribution in [-0.2, 0) is 4.79 Å². The molecule has 6 heteroatoms. The number of primary amides is 1. The Morgan fingerprint density at radius 3 is 2.37 bits per heavy atom. The molecule has 0 fully saturated rings. The van der Waals surface area contributed by atoms with Crippen LogP contribution < -0.4 is 11.1 Å². The standard InChI is InChI=1S/C13H11BrN2O2S/c14-10-7-6-9(19-10)13(18)16-11(12(15)17)8-4-2-1-3-5-8/h1-7,11H,(H2,15,17)(H,16,18)/t11-/m1/s1. The van der Waals surface area contributed by atoms with Crippen LogP contribution in [0, 0.1) is 0 Å². The lowest BCUT2D eigenvalue weighted by atomic mass is 10.1. The zero-order valence-electron chi connectivity index (χ0n) is 9.80. The van der Waals surface area contributed by atoms with Gasteiger partial charge in [-0.25, -0.2) is 0 Å². The number of rotatable bonds is 4. The highest BCUT2D eigenvalue weighted by molar-refractivity contribution is 9.11. The third-order valence-corrected chi connectivity index (χ3v) is 4.11. The first kappa shape index (κ1) is 13.8. The maximum atomic E-state index is 12.0. The van der Waals surface area contributed by atoms with Gasteiger partial charge < -0.3 is 11.1 Å². The zero-order valence-corrected chi connectivity index (χ0v) is 12.2. The number of hydrogen-bond acceptors (Lipinski definition) is 3. The number of carbonyl (C=O) groups is 2. The summed E-state index contributed by atoms with van der Waals surface area (Å²) in [4.78, 5) is 24.0. The quantitative estimate of drug-likeness (QED) is 0.898. The van der Waals surface area contributed by atoms with Gasteiger partial charge in [-0.2, -0.15) is 0 Å². The number of amides is 2. The number of carbonyl (C=O) groups excluding carboxylic acids is 2. The van der Waals surface area contributed by atoms with Crippen molar-refractivity contribution in [2.24, 2.45) is 5.73 Å². The molecule has 0 bridgehead atoms. The predicted octanol–water partition coefficient (Wildman–Crippen LogP) is 2.47. The molecule has 19 heavy (non-hydrogen) atoms. The predicted molar refractivity (Wildman–Crippen MR) is 77.9 cm³/mol. The van der Waals surface area contributed by atoms with Gasteiger partial charge in [0, 0.05) is 0 Å². The van der Waals surface area contributed by atoms with E-state index in [9.17, 15) is 9.59 Å². The second-order valence-electron chi connectivity index (χ2n) is 3.82. The molecular formula is C13H11BrN2O2S. The third-order valence-electron chi connectivity index (χ3n) is 2.49. The second-order valence-corrected chi connectivity index (χ2v) is 6.29. The van der Waals surface area contributed by atoms with Crippen LogP contribution in [0.2, 0.25) is 0 Å². The molecule has 0 aliphatic heterocycles. The van der Waals surface area contributed by atoms with E-state index in [0.29, 0.717) is 10.4 Å². The summed E-state index contributed by atoms with van der Waals surface area (Å²) in [5.41, 5.74) is 6.01. The van der Waals surface area contributed by atoms with Crippen molar-refractivity contribution in [2.75, 3.05) is 0 Å². The number of benzene rings is 1. The lowest BCUT2D eigenvalue weighted by Gasteiger charge is -2.15. The fourth-order valence-electron chi connectivity index (χ4n) is 1.60. The van der Waals surface area contributed by atoms with Crippen LogP contribution in [0.5, 0.6) is 0 Å². The lowest BCUT2D eigenvalue weighted by Crippen LogP contribution is -2.37. The van der Waals surface area contributed by atoms with E-state index in [1.54, 1.807) is 36.4 Å². The van der Waals surface area contributed by atoms with Crippen molar-refractivity contribution < 1.29 is 9.59 Å². The minimum absolute atomic E-state index is 0.316. The summed E-state index contributed by atoms with van der Waals surface area (Å²) in [6.45, 7) is 0. The van der Waals surface area contributed by atoms with Crippen molar-refractivity contribution >= 4 is 39.1 Å². The molecule has 0 aliphatic carbocycles. The number of nitrogens with two attached hydrogens (primary N) is 1. The van der Waals surface area contributed by atoms with Crippen LogP contribution in [0.15, 0.2) is 46.3 Å². The summed E-state index contributed by atoms with van der Waals surface area (Å²) in [6.07, 6.45) is 0.